The van der Waals surface area contributed by atoms with Crippen LogP contribution in [0.5, 0.6) is 0 Å². The Morgan fingerprint density at radius 1 is 1.20 bits per heavy atom. The Kier molecular flexibility index (Phi) is 6.31. The first kappa shape index (κ1) is 21.3. The predicted molar refractivity (Wildman–Crippen MR) is 115 cm³/mol. The molecule has 0 radical (unpaired) electrons. The zero-order valence-corrected chi connectivity index (χ0v) is 17.9. The Balaban J connectivity index is 1.63. The molecule has 0 atom stereocenters. The fraction of sp³-hybridized carbons (Fsp3) is 0.333. The minimum Gasteiger partial charge on any atom is -0.347 e. The molecular weight excluding hydrogens is 382 g/mol. The SMILES string of the molecule is Cc1nn(C)c(C)c1-c1cc(C(=O)NCc2cccc(NC(=O)CN(C)C)c2)[nH]n1. The number of rotatable bonds is 7. The van der Waals surface area contributed by atoms with Gasteiger partial charge in [-0.25, -0.2) is 0 Å². The highest BCUT2D eigenvalue weighted by Gasteiger charge is 2.17. The van der Waals surface area contributed by atoms with Gasteiger partial charge in [-0.2, -0.15) is 10.2 Å². The van der Waals surface area contributed by atoms with Crippen LogP contribution in [-0.2, 0) is 18.4 Å². The van der Waals surface area contributed by atoms with E-state index in [4.69, 9.17) is 0 Å². The lowest BCUT2D eigenvalue weighted by molar-refractivity contribution is -0.116. The molecular formula is C21H27N7O2. The van der Waals surface area contributed by atoms with Crippen molar-refractivity contribution in [3.63, 3.8) is 0 Å². The Labute approximate surface area is 175 Å². The molecule has 0 saturated heterocycles. The number of nitrogens with zero attached hydrogens (tertiary/aromatic N) is 4. The standard InChI is InChI=1S/C21H27N7O2/c1-13-20(14(2)28(5)26-13)17-10-18(25-24-17)21(30)22-11-15-7-6-8-16(9-15)23-19(29)12-27(3)4/h6-10H,11-12H2,1-5H3,(H,22,30)(H,23,29)(H,24,25). The topological polar surface area (TPSA) is 108 Å². The van der Waals surface area contributed by atoms with Gasteiger partial charge in [0.2, 0.25) is 5.91 Å². The van der Waals surface area contributed by atoms with E-state index in [-0.39, 0.29) is 11.8 Å². The molecule has 2 amide bonds. The van der Waals surface area contributed by atoms with E-state index in [9.17, 15) is 9.59 Å². The summed E-state index contributed by atoms with van der Waals surface area (Å²) in [5.41, 5.74) is 5.41. The summed E-state index contributed by atoms with van der Waals surface area (Å²) >= 11 is 0. The molecule has 1 aromatic carbocycles. The highest BCUT2D eigenvalue weighted by Crippen LogP contribution is 2.25. The van der Waals surface area contributed by atoms with Gasteiger partial charge in [-0.3, -0.25) is 19.4 Å². The molecule has 3 N–H and O–H groups in total. The van der Waals surface area contributed by atoms with Gasteiger partial charge in [-0.05, 0) is 51.7 Å². The number of H-pyrrole nitrogens is 1. The molecule has 0 aliphatic carbocycles. The lowest BCUT2D eigenvalue weighted by atomic mass is 10.1. The first-order chi connectivity index (χ1) is 14.2. The van der Waals surface area contributed by atoms with Gasteiger partial charge in [0.1, 0.15) is 5.69 Å². The first-order valence-corrected chi connectivity index (χ1v) is 9.62. The lowest BCUT2D eigenvalue weighted by Gasteiger charge is -2.11. The largest absolute Gasteiger partial charge is 0.347 e. The zero-order valence-electron chi connectivity index (χ0n) is 17.9. The number of aromatic nitrogens is 4. The van der Waals surface area contributed by atoms with Crippen LogP contribution in [0.15, 0.2) is 30.3 Å². The van der Waals surface area contributed by atoms with E-state index in [0.717, 1.165) is 22.5 Å². The van der Waals surface area contributed by atoms with Crippen LogP contribution in [0, 0.1) is 13.8 Å². The summed E-state index contributed by atoms with van der Waals surface area (Å²) in [6.45, 7) is 4.52. The van der Waals surface area contributed by atoms with Crippen molar-refractivity contribution >= 4 is 17.5 Å². The molecule has 3 rings (SSSR count). The van der Waals surface area contributed by atoms with Crippen molar-refractivity contribution in [2.45, 2.75) is 20.4 Å². The minimum atomic E-state index is -0.255. The number of hydrogen-bond donors (Lipinski definition) is 3. The van der Waals surface area contributed by atoms with Gasteiger partial charge in [-0.1, -0.05) is 12.1 Å². The third-order valence-electron chi connectivity index (χ3n) is 4.71. The molecule has 0 fully saturated rings. The fourth-order valence-corrected chi connectivity index (χ4v) is 3.23. The quantitative estimate of drug-likeness (QED) is 0.552. The molecule has 0 saturated carbocycles. The number of likely N-dealkylation sites (N-methyl/N-ethyl adjacent to an activating group) is 1. The predicted octanol–water partition coefficient (Wildman–Crippen LogP) is 1.86. The van der Waals surface area contributed by atoms with Gasteiger partial charge in [0.25, 0.3) is 5.91 Å². The van der Waals surface area contributed by atoms with Crippen molar-refractivity contribution < 1.29 is 9.59 Å². The average Bonchev–Trinajstić information content (AvgIpc) is 3.24. The molecule has 3 aromatic rings. The van der Waals surface area contributed by atoms with Gasteiger partial charge in [-0.15, -0.1) is 0 Å². The van der Waals surface area contributed by atoms with Gasteiger partial charge >= 0.3 is 0 Å². The van der Waals surface area contributed by atoms with Crippen LogP contribution in [0.2, 0.25) is 0 Å². The maximum Gasteiger partial charge on any atom is 0.269 e. The van der Waals surface area contributed by atoms with E-state index in [2.05, 4.69) is 25.9 Å². The zero-order chi connectivity index (χ0) is 21.8. The second-order valence-electron chi connectivity index (χ2n) is 7.51. The van der Waals surface area contributed by atoms with Crippen LogP contribution in [0.1, 0.15) is 27.4 Å². The molecule has 2 heterocycles. The highest BCUT2D eigenvalue weighted by molar-refractivity contribution is 5.94. The maximum absolute atomic E-state index is 12.5. The molecule has 9 heteroatoms. The summed E-state index contributed by atoms with van der Waals surface area (Å²) in [6.07, 6.45) is 0. The number of benzene rings is 1. The molecule has 2 aromatic heterocycles. The number of hydrogen-bond acceptors (Lipinski definition) is 5. The number of aryl methyl sites for hydroxylation is 2. The van der Waals surface area contributed by atoms with Crippen molar-refractivity contribution in [3.05, 3.63) is 53.0 Å². The van der Waals surface area contributed by atoms with Crippen LogP contribution in [0.4, 0.5) is 5.69 Å². The number of aromatic amines is 1. The van der Waals surface area contributed by atoms with Crippen LogP contribution in [-0.4, -0.2) is 57.3 Å². The summed E-state index contributed by atoms with van der Waals surface area (Å²) in [6, 6.07) is 9.12. The van der Waals surface area contributed by atoms with Crippen LogP contribution < -0.4 is 10.6 Å². The van der Waals surface area contributed by atoms with Gasteiger partial charge in [0.15, 0.2) is 0 Å². The monoisotopic (exact) mass is 409 g/mol. The molecule has 158 valence electrons. The van der Waals surface area contributed by atoms with Crippen LogP contribution >= 0.6 is 0 Å². The van der Waals surface area contributed by atoms with Gasteiger partial charge in [0, 0.05) is 30.5 Å². The lowest BCUT2D eigenvalue weighted by Crippen LogP contribution is -2.27. The summed E-state index contributed by atoms with van der Waals surface area (Å²) in [4.78, 5) is 26.3. The molecule has 30 heavy (non-hydrogen) atoms. The summed E-state index contributed by atoms with van der Waals surface area (Å²) in [5, 5.41) is 17.2. The van der Waals surface area contributed by atoms with E-state index in [1.54, 1.807) is 15.6 Å². The smallest absolute Gasteiger partial charge is 0.269 e. The summed E-state index contributed by atoms with van der Waals surface area (Å²) in [5.74, 6) is -0.345. The Hall–Kier alpha value is -3.46. The Morgan fingerprint density at radius 2 is 1.97 bits per heavy atom. The second-order valence-corrected chi connectivity index (χ2v) is 7.51. The second kappa shape index (κ2) is 8.91. The number of nitrogens with one attached hydrogen (secondary N) is 3. The normalized spacial score (nSPS) is 11.0. The molecule has 0 spiro atoms. The average molecular weight is 409 g/mol. The minimum absolute atomic E-state index is 0.0906. The van der Waals surface area contributed by atoms with Crippen LogP contribution in [0.3, 0.4) is 0 Å². The number of anilines is 1. The number of amides is 2. The summed E-state index contributed by atoms with van der Waals surface area (Å²) < 4.78 is 1.80. The maximum atomic E-state index is 12.5. The van der Waals surface area contributed by atoms with E-state index < -0.39 is 0 Å². The van der Waals surface area contributed by atoms with E-state index in [0.29, 0.717) is 30.2 Å². The molecule has 0 unspecified atom stereocenters. The summed E-state index contributed by atoms with van der Waals surface area (Å²) in [7, 11) is 5.55. The van der Waals surface area contributed by atoms with Crippen molar-refractivity contribution in [1.29, 1.82) is 0 Å². The molecule has 0 aliphatic heterocycles. The Morgan fingerprint density at radius 3 is 2.63 bits per heavy atom. The molecule has 9 nitrogen and oxygen atoms in total. The van der Waals surface area contributed by atoms with E-state index in [1.165, 1.54) is 0 Å². The van der Waals surface area contributed by atoms with Crippen molar-refractivity contribution in [1.82, 2.24) is 30.2 Å². The fourth-order valence-electron chi connectivity index (χ4n) is 3.23. The van der Waals surface area contributed by atoms with Gasteiger partial charge < -0.3 is 15.5 Å². The van der Waals surface area contributed by atoms with E-state index in [1.807, 2.05) is 59.3 Å². The third-order valence-corrected chi connectivity index (χ3v) is 4.71. The third kappa shape index (κ3) is 4.93. The van der Waals surface area contributed by atoms with Crippen molar-refractivity contribution in [2.75, 3.05) is 26.0 Å². The first-order valence-electron chi connectivity index (χ1n) is 9.62. The molecule has 0 bridgehead atoms. The van der Waals surface area contributed by atoms with Crippen molar-refractivity contribution in [3.8, 4) is 11.3 Å². The van der Waals surface area contributed by atoms with E-state index >= 15 is 0 Å². The molecule has 0 aliphatic rings. The Bertz CT molecular complexity index is 1070. The highest BCUT2D eigenvalue weighted by atomic mass is 16.2. The number of carbonyl (C=O) groups is 2. The van der Waals surface area contributed by atoms with Crippen molar-refractivity contribution in [2.24, 2.45) is 7.05 Å². The number of carbonyl (C=O) groups excluding carboxylic acids is 2. The van der Waals surface area contributed by atoms with Crippen LogP contribution in [0.25, 0.3) is 11.3 Å². The van der Waals surface area contributed by atoms with Gasteiger partial charge in [0.05, 0.1) is 17.9 Å².